The lowest BCUT2D eigenvalue weighted by molar-refractivity contribution is -0.137. The number of nitrogens with zero attached hydrogens (tertiary/aromatic N) is 1. The maximum Gasteiger partial charge on any atom is 0.305 e. The van der Waals surface area contributed by atoms with Crippen molar-refractivity contribution in [2.24, 2.45) is 0 Å². The first-order chi connectivity index (χ1) is 10.0. The van der Waals surface area contributed by atoms with Crippen molar-refractivity contribution in [1.29, 1.82) is 0 Å². The predicted molar refractivity (Wildman–Crippen MR) is 77.2 cm³/mol. The summed E-state index contributed by atoms with van der Waals surface area (Å²) in [4.78, 5) is 35.8. The number of carboxylic acids is 1. The maximum atomic E-state index is 12.4. The number of fused-ring (bicyclic) bond motifs is 1. The largest absolute Gasteiger partial charge is 0.481 e. The Balaban J connectivity index is 2.15. The number of carbonyl (C=O) groups excluding carboxylic acids is 2. The van der Waals surface area contributed by atoms with Crippen molar-refractivity contribution in [3.05, 3.63) is 29.3 Å². The lowest BCUT2D eigenvalue weighted by Gasteiger charge is -2.22. The Bertz CT molecular complexity index is 583. The molecule has 1 heterocycles. The van der Waals surface area contributed by atoms with Crippen LogP contribution < -0.4 is 5.32 Å². The van der Waals surface area contributed by atoms with Crippen LogP contribution in [0.2, 0.25) is 0 Å². The summed E-state index contributed by atoms with van der Waals surface area (Å²) in [5, 5.41) is 11.5. The number of aryl methyl sites for hydroxylation is 1. The van der Waals surface area contributed by atoms with Crippen LogP contribution in [0.5, 0.6) is 0 Å². The van der Waals surface area contributed by atoms with Crippen molar-refractivity contribution in [2.75, 3.05) is 18.4 Å². The summed E-state index contributed by atoms with van der Waals surface area (Å²) in [5.41, 5.74) is 2.21. The van der Waals surface area contributed by atoms with Crippen LogP contribution in [0, 0.1) is 0 Å². The van der Waals surface area contributed by atoms with Gasteiger partial charge in [0.1, 0.15) is 0 Å². The molecule has 1 aromatic carbocycles. The van der Waals surface area contributed by atoms with Crippen LogP contribution in [0.4, 0.5) is 5.69 Å². The lowest BCUT2D eigenvalue weighted by atomic mass is 10.00. The van der Waals surface area contributed by atoms with Crippen molar-refractivity contribution in [3.8, 4) is 0 Å². The zero-order chi connectivity index (χ0) is 15.4. The van der Waals surface area contributed by atoms with Crippen LogP contribution in [0.3, 0.4) is 0 Å². The Hall–Kier alpha value is -2.37. The second-order valence-electron chi connectivity index (χ2n) is 4.95. The number of nitrogens with one attached hydrogen (secondary N) is 1. The van der Waals surface area contributed by atoms with Gasteiger partial charge < -0.3 is 15.3 Å². The van der Waals surface area contributed by atoms with Gasteiger partial charge in [0, 0.05) is 30.8 Å². The van der Waals surface area contributed by atoms with Gasteiger partial charge in [-0.05, 0) is 37.1 Å². The summed E-state index contributed by atoms with van der Waals surface area (Å²) in [5.74, 6) is -1.12. The summed E-state index contributed by atoms with van der Waals surface area (Å²) in [6.45, 7) is 2.47. The van der Waals surface area contributed by atoms with Crippen molar-refractivity contribution in [2.45, 2.75) is 26.2 Å². The number of aliphatic carboxylic acids is 1. The number of hydrogen-bond donors (Lipinski definition) is 2. The van der Waals surface area contributed by atoms with Crippen molar-refractivity contribution in [3.63, 3.8) is 0 Å². The summed E-state index contributed by atoms with van der Waals surface area (Å²) < 4.78 is 0. The van der Waals surface area contributed by atoms with Crippen LogP contribution in [0.1, 0.15) is 35.7 Å². The van der Waals surface area contributed by atoms with Gasteiger partial charge in [0.15, 0.2) is 0 Å². The molecule has 0 spiro atoms. The molecule has 21 heavy (non-hydrogen) atoms. The molecule has 0 bridgehead atoms. The Morgan fingerprint density at radius 3 is 2.76 bits per heavy atom. The minimum absolute atomic E-state index is 0.0155. The molecule has 0 saturated heterocycles. The third-order valence-corrected chi connectivity index (χ3v) is 3.51. The third kappa shape index (κ3) is 3.59. The molecule has 112 valence electrons. The van der Waals surface area contributed by atoms with Gasteiger partial charge in [-0.3, -0.25) is 14.4 Å². The second-order valence-corrected chi connectivity index (χ2v) is 4.95. The van der Waals surface area contributed by atoms with Crippen molar-refractivity contribution >= 4 is 23.5 Å². The fourth-order valence-electron chi connectivity index (χ4n) is 2.33. The molecule has 0 unspecified atom stereocenters. The number of carboxylic acid groups (broad SMARTS) is 1. The number of benzene rings is 1. The Morgan fingerprint density at radius 1 is 1.33 bits per heavy atom. The van der Waals surface area contributed by atoms with E-state index in [9.17, 15) is 14.4 Å². The van der Waals surface area contributed by atoms with Gasteiger partial charge in [-0.2, -0.15) is 0 Å². The fraction of sp³-hybridized carbons (Fsp3) is 0.400. The Labute approximate surface area is 122 Å². The fourth-order valence-corrected chi connectivity index (χ4v) is 2.33. The van der Waals surface area contributed by atoms with E-state index in [-0.39, 0.29) is 24.8 Å². The summed E-state index contributed by atoms with van der Waals surface area (Å²) in [6, 6.07) is 5.17. The highest BCUT2D eigenvalue weighted by atomic mass is 16.4. The molecule has 1 aliphatic heterocycles. The molecule has 1 aromatic rings. The highest BCUT2D eigenvalue weighted by Gasteiger charge is 2.19. The van der Waals surface area contributed by atoms with Gasteiger partial charge in [-0.15, -0.1) is 0 Å². The molecule has 0 aliphatic carbocycles. The van der Waals surface area contributed by atoms with E-state index in [2.05, 4.69) is 5.32 Å². The van der Waals surface area contributed by atoms with Gasteiger partial charge in [-0.1, -0.05) is 0 Å². The second kappa shape index (κ2) is 6.39. The van der Waals surface area contributed by atoms with Gasteiger partial charge in [0.2, 0.25) is 5.91 Å². The van der Waals surface area contributed by atoms with Crippen molar-refractivity contribution in [1.82, 2.24) is 4.90 Å². The van der Waals surface area contributed by atoms with E-state index in [0.29, 0.717) is 24.9 Å². The maximum absolute atomic E-state index is 12.4. The van der Waals surface area contributed by atoms with E-state index >= 15 is 0 Å². The number of hydrogen-bond acceptors (Lipinski definition) is 3. The monoisotopic (exact) mass is 290 g/mol. The molecule has 2 rings (SSSR count). The van der Waals surface area contributed by atoms with E-state index in [0.717, 1.165) is 11.3 Å². The van der Waals surface area contributed by atoms with Gasteiger partial charge in [0.05, 0.1) is 6.42 Å². The van der Waals surface area contributed by atoms with Gasteiger partial charge >= 0.3 is 5.97 Å². The molecule has 0 fully saturated rings. The average molecular weight is 290 g/mol. The van der Waals surface area contributed by atoms with Gasteiger partial charge in [-0.25, -0.2) is 0 Å². The molecule has 0 saturated carbocycles. The summed E-state index contributed by atoms with van der Waals surface area (Å²) in [7, 11) is 0. The Kier molecular flexibility index (Phi) is 4.57. The van der Waals surface area contributed by atoms with Crippen LogP contribution in [0.25, 0.3) is 0 Å². The molecule has 0 atom stereocenters. The molecule has 6 nitrogen and oxygen atoms in total. The molecule has 6 heteroatoms. The molecule has 1 aliphatic rings. The number of carbonyl (C=O) groups is 3. The highest BCUT2D eigenvalue weighted by molar-refractivity contribution is 5.98. The minimum atomic E-state index is -0.922. The van der Waals surface area contributed by atoms with Crippen LogP contribution in [0.15, 0.2) is 18.2 Å². The van der Waals surface area contributed by atoms with Crippen LogP contribution >= 0.6 is 0 Å². The van der Waals surface area contributed by atoms with E-state index < -0.39 is 5.97 Å². The SMILES string of the molecule is CCN(CCC(=O)O)C(=O)c1ccc2c(c1)CCC(=O)N2. The first-order valence-electron chi connectivity index (χ1n) is 6.95. The molecular weight excluding hydrogens is 272 g/mol. The van der Waals surface area contributed by atoms with E-state index in [4.69, 9.17) is 5.11 Å². The van der Waals surface area contributed by atoms with Crippen LogP contribution in [-0.4, -0.2) is 40.9 Å². The molecular formula is C15H18N2O4. The summed E-state index contributed by atoms with van der Waals surface area (Å²) in [6.07, 6.45) is 0.964. The van der Waals surface area contributed by atoms with E-state index in [1.165, 1.54) is 4.90 Å². The highest BCUT2D eigenvalue weighted by Crippen LogP contribution is 2.24. The Morgan fingerprint density at radius 2 is 2.10 bits per heavy atom. The zero-order valence-electron chi connectivity index (χ0n) is 11.9. The topological polar surface area (TPSA) is 86.7 Å². The normalized spacial score (nSPS) is 13.3. The molecule has 0 aromatic heterocycles. The lowest BCUT2D eigenvalue weighted by Crippen LogP contribution is -2.33. The minimum Gasteiger partial charge on any atom is -0.481 e. The quantitative estimate of drug-likeness (QED) is 0.860. The smallest absolute Gasteiger partial charge is 0.305 e. The molecule has 2 amide bonds. The van der Waals surface area contributed by atoms with E-state index in [1.807, 2.05) is 6.92 Å². The van der Waals surface area contributed by atoms with E-state index in [1.54, 1.807) is 18.2 Å². The first-order valence-corrected chi connectivity index (χ1v) is 6.95. The van der Waals surface area contributed by atoms with Crippen molar-refractivity contribution < 1.29 is 19.5 Å². The van der Waals surface area contributed by atoms with Gasteiger partial charge in [0.25, 0.3) is 5.91 Å². The standard InChI is InChI=1S/C15H18N2O4/c1-2-17(8-7-14(19)20)15(21)11-3-5-12-10(9-11)4-6-13(18)16-12/h3,5,9H,2,4,6-8H2,1H3,(H,16,18)(H,19,20). The number of rotatable bonds is 5. The predicted octanol–water partition coefficient (Wildman–Crippen LogP) is 1.51. The zero-order valence-corrected chi connectivity index (χ0v) is 11.9. The molecule has 2 N–H and O–H groups in total. The molecule has 0 radical (unpaired) electrons. The number of anilines is 1. The van der Waals surface area contributed by atoms with Crippen LogP contribution in [-0.2, 0) is 16.0 Å². The summed E-state index contributed by atoms with van der Waals surface area (Å²) >= 11 is 0. The first kappa shape index (κ1) is 15.0. The number of amides is 2. The average Bonchev–Trinajstić information content (AvgIpc) is 2.46. The third-order valence-electron chi connectivity index (χ3n) is 3.51.